The number of carbonyl (C=O) groups is 4. The van der Waals surface area contributed by atoms with E-state index < -0.39 is 97.5 Å². The van der Waals surface area contributed by atoms with E-state index in [1.165, 1.54) is 173 Å². The molecule has 0 aliphatic rings. The van der Waals surface area contributed by atoms with Crippen LogP contribution in [0.15, 0.2) is 0 Å². The van der Waals surface area contributed by atoms with Gasteiger partial charge in [-0.3, -0.25) is 37.3 Å². The zero-order chi connectivity index (χ0) is 68.9. The van der Waals surface area contributed by atoms with Crippen LogP contribution in [0.3, 0.4) is 0 Å². The van der Waals surface area contributed by atoms with Crippen LogP contribution in [0.4, 0.5) is 0 Å². The molecule has 0 saturated heterocycles. The highest BCUT2D eigenvalue weighted by Crippen LogP contribution is 2.45. The predicted octanol–water partition coefficient (Wildman–Crippen LogP) is 21.3. The minimum absolute atomic E-state index is 0.104. The first-order valence-corrected chi connectivity index (χ1v) is 41.2. The van der Waals surface area contributed by atoms with Crippen LogP contribution in [0, 0.1) is 23.7 Å². The van der Waals surface area contributed by atoms with Gasteiger partial charge in [-0.1, -0.05) is 319 Å². The molecule has 3 N–H and O–H groups in total. The van der Waals surface area contributed by atoms with E-state index in [9.17, 15) is 43.2 Å². The smallest absolute Gasteiger partial charge is 0.462 e. The maximum atomic E-state index is 13.1. The van der Waals surface area contributed by atoms with Crippen molar-refractivity contribution in [3.8, 4) is 0 Å². The predicted molar refractivity (Wildman–Crippen MR) is 377 cm³/mol. The molecule has 0 aromatic heterocycles. The van der Waals surface area contributed by atoms with Crippen LogP contribution in [0.25, 0.3) is 0 Å². The van der Waals surface area contributed by atoms with Gasteiger partial charge in [0, 0.05) is 25.7 Å². The third-order valence-corrected chi connectivity index (χ3v) is 19.0. The summed E-state index contributed by atoms with van der Waals surface area (Å²) in [6, 6.07) is 0. The number of esters is 4. The molecule has 0 fully saturated rings. The van der Waals surface area contributed by atoms with Gasteiger partial charge in [0.1, 0.15) is 19.3 Å². The van der Waals surface area contributed by atoms with Crippen LogP contribution in [0.2, 0.25) is 0 Å². The Morgan fingerprint density at radius 2 is 0.452 bits per heavy atom. The summed E-state index contributed by atoms with van der Waals surface area (Å²) in [5.41, 5.74) is 0. The highest BCUT2D eigenvalue weighted by molar-refractivity contribution is 7.47. The number of carbonyl (C=O) groups excluding carboxylic acids is 4. The number of phosphoric ester groups is 2. The fourth-order valence-electron chi connectivity index (χ4n) is 11.2. The summed E-state index contributed by atoms with van der Waals surface area (Å²) in [6.07, 6.45) is 47.2. The lowest BCUT2D eigenvalue weighted by atomic mass is 10.0. The van der Waals surface area contributed by atoms with Gasteiger partial charge in [-0.2, -0.15) is 0 Å². The Bertz CT molecular complexity index is 1830. The van der Waals surface area contributed by atoms with Crippen molar-refractivity contribution < 1.29 is 80.2 Å². The molecule has 0 aromatic rings. The number of rotatable bonds is 71. The Morgan fingerprint density at radius 3 is 0.667 bits per heavy atom. The molecule has 19 heteroatoms. The molecule has 552 valence electrons. The summed E-state index contributed by atoms with van der Waals surface area (Å²) in [4.78, 5) is 72.7. The Hall–Kier alpha value is -1.94. The van der Waals surface area contributed by atoms with Crippen molar-refractivity contribution in [2.75, 3.05) is 39.6 Å². The topological polar surface area (TPSA) is 237 Å². The summed E-state index contributed by atoms with van der Waals surface area (Å²) >= 11 is 0. The summed E-state index contributed by atoms with van der Waals surface area (Å²) in [7, 11) is -9.91. The van der Waals surface area contributed by atoms with Crippen molar-refractivity contribution in [3.05, 3.63) is 0 Å². The summed E-state index contributed by atoms with van der Waals surface area (Å²) < 4.78 is 68.4. The lowest BCUT2D eigenvalue weighted by Crippen LogP contribution is -2.30. The third-order valence-electron chi connectivity index (χ3n) is 17.1. The van der Waals surface area contributed by atoms with E-state index in [0.717, 1.165) is 114 Å². The summed E-state index contributed by atoms with van der Waals surface area (Å²) in [5, 5.41) is 10.6. The van der Waals surface area contributed by atoms with Gasteiger partial charge in [-0.25, -0.2) is 9.13 Å². The normalized spacial score (nSPS) is 14.2. The molecule has 0 bridgehead atoms. The number of hydrogen-bond donors (Lipinski definition) is 3. The average Bonchev–Trinajstić information content (AvgIpc) is 3.01. The monoisotopic (exact) mass is 1370 g/mol. The molecule has 0 amide bonds. The highest BCUT2D eigenvalue weighted by atomic mass is 31.2. The van der Waals surface area contributed by atoms with Crippen molar-refractivity contribution >= 4 is 39.5 Å². The number of ether oxygens (including phenoxy) is 4. The van der Waals surface area contributed by atoms with Gasteiger partial charge >= 0.3 is 39.5 Å². The lowest BCUT2D eigenvalue weighted by Gasteiger charge is -2.21. The second-order valence-electron chi connectivity index (χ2n) is 28.6. The standard InChI is InChI=1S/C74H144O17P2/c1-64(2)50-42-34-26-18-14-11-9-10-12-16-21-32-40-48-56-73(78)90-69(60-84-71(76)54-46-38-30-20-17-13-15-19-27-35-43-51-65(3)4)62-88-92(80,81)86-58-68(75)59-87-93(82,83)89-63-70(91-74(79)57-49-41-33-25-23-29-37-45-53-67(7)8)61-85-72(77)55-47-39-31-24-22-28-36-44-52-66(5)6/h64-70,75H,9-63H2,1-8H3,(H,80,81)(H,82,83)/t68?,69-,70-/m1/s1. The molecule has 0 saturated carbocycles. The van der Waals surface area contributed by atoms with E-state index in [2.05, 4.69) is 55.4 Å². The first kappa shape index (κ1) is 91.1. The van der Waals surface area contributed by atoms with Gasteiger partial charge in [0.05, 0.1) is 26.4 Å². The van der Waals surface area contributed by atoms with E-state index >= 15 is 0 Å². The van der Waals surface area contributed by atoms with Crippen LogP contribution in [0.1, 0.15) is 370 Å². The van der Waals surface area contributed by atoms with E-state index in [1.807, 2.05) is 0 Å². The first-order valence-electron chi connectivity index (χ1n) is 38.2. The maximum absolute atomic E-state index is 13.1. The molecule has 0 spiro atoms. The summed E-state index contributed by atoms with van der Waals surface area (Å²) in [5.74, 6) is 0.886. The van der Waals surface area contributed by atoms with Crippen LogP contribution < -0.4 is 0 Å². The molecule has 0 aliphatic carbocycles. The largest absolute Gasteiger partial charge is 0.472 e. The molecule has 5 atom stereocenters. The number of aliphatic hydroxyl groups excluding tert-OH is 1. The van der Waals surface area contributed by atoms with E-state index in [4.69, 9.17) is 37.0 Å². The average molecular weight is 1370 g/mol. The number of unbranched alkanes of at least 4 members (excludes halogenated alkanes) is 37. The number of hydrogen-bond acceptors (Lipinski definition) is 15. The number of aliphatic hydroxyl groups is 1. The molecule has 0 radical (unpaired) electrons. The second kappa shape index (κ2) is 63.5. The van der Waals surface area contributed by atoms with Gasteiger partial charge in [-0.05, 0) is 49.4 Å². The van der Waals surface area contributed by atoms with Crippen molar-refractivity contribution in [2.24, 2.45) is 23.7 Å². The Balaban J connectivity index is 5.25. The highest BCUT2D eigenvalue weighted by Gasteiger charge is 2.30. The van der Waals surface area contributed by atoms with Gasteiger partial charge in [-0.15, -0.1) is 0 Å². The Kier molecular flexibility index (Phi) is 62.2. The molecule has 0 rings (SSSR count). The van der Waals surface area contributed by atoms with Gasteiger partial charge in [0.15, 0.2) is 12.2 Å². The Morgan fingerprint density at radius 1 is 0.269 bits per heavy atom. The first-order chi connectivity index (χ1) is 44.6. The van der Waals surface area contributed by atoms with Crippen molar-refractivity contribution in [1.82, 2.24) is 0 Å². The molecule has 0 aliphatic heterocycles. The van der Waals surface area contributed by atoms with Crippen molar-refractivity contribution in [2.45, 2.75) is 388 Å². The van der Waals surface area contributed by atoms with Gasteiger partial charge in [0.25, 0.3) is 0 Å². The quantitative estimate of drug-likeness (QED) is 0.0222. The van der Waals surface area contributed by atoms with Gasteiger partial charge in [0.2, 0.25) is 0 Å². The molecule has 0 aromatic carbocycles. The second-order valence-corrected chi connectivity index (χ2v) is 31.5. The third kappa shape index (κ3) is 68.4. The fourth-order valence-corrected chi connectivity index (χ4v) is 12.8. The van der Waals surface area contributed by atoms with Gasteiger partial charge < -0.3 is 33.8 Å². The maximum Gasteiger partial charge on any atom is 0.472 e. The van der Waals surface area contributed by atoms with Crippen molar-refractivity contribution in [3.63, 3.8) is 0 Å². The Labute approximate surface area is 568 Å². The minimum atomic E-state index is -4.96. The number of phosphoric acid groups is 2. The van der Waals surface area contributed by atoms with Crippen LogP contribution in [-0.2, 0) is 65.4 Å². The van der Waals surface area contributed by atoms with Crippen LogP contribution in [-0.4, -0.2) is 96.7 Å². The van der Waals surface area contributed by atoms with E-state index in [-0.39, 0.29) is 25.7 Å². The van der Waals surface area contributed by atoms with E-state index in [1.54, 1.807) is 0 Å². The SMILES string of the molecule is CC(C)CCCCCCCCCCCCCCCCC(=O)O[C@H](COC(=O)CCCCCCCCCCCCCC(C)C)COP(=O)(O)OCC(O)COP(=O)(O)OC[C@@H](COC(=O)CCCCCCCCCCC(C)C)OC(=O)CCCCCCCCCCC(C)C. The van der Waals surface area contributed by atoms with E-state index in [0.29, 0.717) is 25.7 Å². The molecule has 93 heavy (non-hydrogen) atoms. The summed E-state index contributed by atoms with van der Waals surface area (Å²) in [6.45, 7) is 14.1. The van der Waals surface area contributed by atoms with Crippen molar-refractivity contribution in [1.29, 1.82) is 0 Å². The van der Waals surface area contributed by atoms with Crippen LogP contribution in [0.5, 0.6) is 0 Å². The minimum Gasteiger partial charge on any atom is -0.462 e. The molecule has 17 nitrogen and oxygen atoms in total. The zero-order valence-electron chi connectivity index (χ0n) is 60.9. The molecular formula is C74H144O17P2. The molecule has 3 unspecified atom stereocenters. The lowest BCUT2D eigenvalue weighted by molar-refractivity contribution is -0.161. The molecular weight excluding hydrogens is 1220 g/mol. The molecule has 0 heterocycles. The zero-order valence-corrected chi connectivity index (χ0v) is 62.7. The fraction of sp³-hybridized carbons (Fsp3) is 0.946. The van der Waals surface area contributed by atoms with Crippen LogP contribution >= 0.6 is 15.6 Å².